The van der Waals surface area contributed by atoms with E-state index < -0.39 is 17.7 Å². The fourth-order valence-electron chi connectivity index (χ4n) is 2.31. The number of hydrogen-bond acceptors (Lipinski definition) is 4. The van der Waals surface area contributed by atoms with Crippen LogP contribution in [0.25, 0.3) is 0 Å². The number of nitrogens with zero attached hydrogens (tertiary/aromatic N) is 2. The maximum absolute atomic E-state index is 12.6. The molecule has 1 aromatic carbocycles. The van der Waals surface area contributed by atoms with Gasteiger partial charge in [0.25, 0.3) is 0 Å². The minimum absolute atomic E-state index is 0.0193. The number of carbonyl (C=O) groups is 1. The third-order valence-corrected chi connectivity index (χ3v) is 3.66. The molecule has 0 heterocycles. The molecule has 0 spiro atoms. The molecule has 3 N–H and O–H groups in total. The molecule has 7 heteroatoms. The highest BCUT2D eigenvalue weighted by atomic mass is 35.5. The lowest BCUT2D eigenvalue weighted by molar-refractivity contribution is 0.0190. The van der Waals surface area contributed by atoms with Gasteiger partial charge < -0.3 is 15.7 Å². The molecule has 126 valence electrons. The van der Waals surface area contributed by atoms with E-state index in [1.165, 1.54) is 0 Å². The lowest BCUT2D eigenvalue weighted by Gasteiger charge is -2.33. The van der Waals surface area contributed by atoms with E-state index >= 15 is 0 Å². The number of oxime groups is 1. The van der Waals surface area contributed by atoms with Gasteiger partial charge in [-0.1, -0.05) is 28.9 Å². The summed E-state index contributed by atoms with van der Waals surface area (Å²) >= 11 is 5.92. The topological polar surface area (TPSA) is 88.2 Å². The quantitative estimate of drug-likeness (QED) is 0.380. The molecule has 1 aliphatic carbocycles. The van der Waals surface area contributed by atoms with Crippen LogP contribution in [-0.4, -0.2) is 33.7 Å². The molecular weight excluding hydrogens is 318 g/mol. The Morgan fingerprint density at radius 3 is 2.39 bits per heavy atom. The van der Waals surface area contributed by atoms with E-state index in [9.17, 15) is 4.79 Å². The minimum atomic E-state index is -0.695. The fourth-order valence-corrected chi connectivity index (χ4v) is 2.43. The first kappa shape index (κ1) is 17.4. The monoisotopic (exact) mass is 339 g/mol. The van der Waals surface area contributed by atoms with Crippen molar-refractivity contribution in [1.29, 1.82) is 0 Å². The van der Waals surface area contributed by atoms with Crippen molar-refractivity contribution in [2.24, 2.45) is 10.9 Å². The Balaban J connectivity index is 2.38. The van der Waals surface area contributed by atoms with Gasteiger partial charge in [-0.15, -0.1) is 0 Å². The summed E-state index contributed by atoms with van der Waals surface area (Å²) in [5, 5.41) is 12.8. The number of carbonyl (C=O) groups excluding carboxylic acids is 1. The van der Waals surface area contributed by atoms with Gasteiger partial charge in [0.1, 0.15) is 11.6 Å². The Bertz CT molecular complexity index is 592. The van der Waals surface area contributed by atoms with Gasteiger partial charge in [0, 0.05) is 11.1 Å². The van der Waals surface area contributed by atoms with Crippen LogP contribution in [0.15, 0.2) is 29.4 Å². The van der Waals surface area contributed by atoms with Crippen molar-refractivity contribution in [2.75, 3.05) is 0 Å². The molecule has 0 radical (unpaired) electrons. The highest BCUT2D eigenvalue weighted by molar-refractivity contribution is 6.30. The van der Waals surface area contributed by atoms with Crippen LogP contribution in [0.1, 0.15) is 45.2 Å². The van der Waals surface area contributed by atoms with Gasteiger partial charge in [0.2, 0.25) is 0 Å². The SMILES string of the molecule is CC(C)(C)OC(=O)N(C1CC1)[C@H](C(N)=NO)c1ccc(Cl)cc1. The summed E-state index contributed by atoms with van der Waals surface area (Å²) in [6, 6.07) is 6.24. The molecule has 0 unspecified atom stereocenters. The summed E-state index contributed by atoms with van der Waals surface area (Å²) in [5.41, 5.74) is 5.96. The number of nitrogens with two attached hydrogens (primary N) is 1. The van der Waals surface area contributed by atoms with Crippen molar-refractivity contribution in [3.05, 3.63) is 34.9 Å². The van der Waals surface area contributed by atoms with Gasteiger partial charge in [0.15, 0.2) is 5.84 Å². The van der Waals surface area contributed by atoms with Crippen molar-refractivity contribution in [3.8, 4) is 0 Å². The molecule has 0 bridgehead atoms. The molecule has 23 heavy (non-hydrogen) atoms. The van der Waals surface area contributed by atoms with Crippen molar-refractivity contribution in [2.45, 2.75) is 51.3 Å². The summed E-state index contributed by atoms with van der Waals surface area (Å²) < 4.78 is 5.49. The van der Waals surface area contributed by atoms with E-state index in [1.54, 1.807) is 49.9 Å². The van der Waals surface area contributed by atoms with E-state index in [1.807, 2.05) is 0 Å². The van der Waals surface area contributed by atoms with Crippen LogP contribution in [-0.2, 0) is 4.74 Å². The van der Waals surface area contributed by atoms with Gasteiger partial charge in [-0.05, 0) is 51.3 Å². The van der Waals surface area contributed by atoms with E-state index in [-0.39, 0.29) is 11.9 Å². The first-order chi connectivity index (χ1) is 10.7. The minimum Gasteiger partial charge on any atom is -0.444 e. The Kier molecular flexibility index (Phi) is 5.04. The van der Waals surface area contributed by atoms with Gasteiger partial charge in [0.05, 0.1) is 0 Å². The summed E-state index contributed by atoms with van der Waals surface area (Å²) in [7, 11) is 0. The summed E-state index contributed by atoms with van der Waals surface area (Å²) in [5.74, 6) is -0.0647. The van der Waals surface area contributed by atoms with Crippen LogP contribution < -0.4 is 5.73 Å². The van der Waals surface area contributed by atoms with E-state index in [2.05, 4.69) is 5.16 Å². The number of benzene rings is 1. The van der Waals surface area contributed by atoms with E-state index in [4.69, 9.17) is 27.3 Å². The lowest BCUT2D eigenvalue weighted by Crippen LogP contribution is -2.45. The predicted molar refractivity (Wildman–Crippen MR) is 88.7 cm³/mol. The van der Waals surface area contributed by atoms with Gasteiger partial charge >= 0.3 is 6.09 Å². The highest BCUT2D eigenvalue weighted by Crippen LogP contribution is 2.36. The van der Waals surface area contributed by atoms with Crippen molar-refractivity contribution in [1.82, 2.24) is 4.90 Å². The first-order valence-electron chi connectivity index (χ1n) is 7.47. The molecule has 0 aromatic heterocycles. The third-order valence-electron chi connectivity index (χ3n) is 3.40. The van der Waals surface area contributed by atoms with Gasteiger partial charge in [-0.25, -0.2) is 4.79 Å². The molecule has 6 nitrogen and oxygen atoms in total. The second-order valence-corrected chi connectivity index (χ2v) is 7.03. The molecule has 1 aliphatic rings. The Morgan fingerprint density at radius 2 is 1.96 bits per heavy atom. The van der Waals surface area contributed by atoms with Crippen LogP contribution in [0.4, 0.5) is 4.79 Å². The molecule has 0 aliphatic heterocycles. The van der Waals surface area contributed by atoms with Crippen LogP contribution in [0, 0.1) is 0 Å². The number of hydrogen-bond donors (Lipinski definition) is 2. The lowest BCUT2D eigenvalue weighted by atomic mass is 10.0. The first-order valence-corrected chi connectivity index (χ1v) is 7.85. The Labute approximate surface area is 140 Å². The van der Waals surface area contributed by atoms with Crippen LogP contribution in [0.2, 0.25) is 5.02 Å². The summed E-state index contributed by atoms with van der Waals surface area (Å²) in [6.07, 6.45) is 1.25. The largest absolute Gasteiger partial charge is 0.444 e. The molecule has 1 amide bonds. The number of halogens is 1. The van der Waals surface area contributed by atoms with Crippen molar-refractivity contribution in [3.63, 3.8) is 0 Å². The average molecular weight is 340 g/mol. The van der Waals surface area contributed by atoms with Crippen LogP contribution >= 0.6 is 11.6 Å². The zero-order valence-electron chi connectivity index (χ0n) is 13.5. The normalized spacial score (nSPS) is 16.8. The molecule has 1 saturated carbocycles. The van der Waals surface area contributed by atoms with Gasteiger partial charge in [-0.3, -0.25) is 4.90 Å². The molecule has 1 atom stereocenters. The predicted octanol–water partition coefficient (Wildman–Crippen LogP) is 3.53. The highest BCUT2D eigenvalue weighted by Gasteiger charge is 2.42. The number of amides is 1. The number of amidine groups is 1. The van der Waals surface area contributed by atoms with E-state index in [0.717, 1.165) is 12.8 Å². The Morgan fingerprint density at radius 1 is 1.39 bits per heavy atom. The van der Waals surface area contributed by atoms with Crippen molar-refractivity contribution < 1.29 is 14.7 Å². The maximum atomic E-state index is 12.6. The summed E-state index contributed by atoms with van der Waals surface area (Å²) in [4.78, 5) is 14.2. The number of rotatable bonds is 4. The molecular formula is C16H22ClN3O3. The van der Waals surface area contributed by atoms with Crippen molar-refractivity contribution >= 4 is 23.5 Å². The number of ether oxygens (including phenoxy) is 1. The van der Waals surface area contributed by atoms with E-state index in [0.29, 0.717) is 10.6 Å². The zero-order valence-corrected chi connectivity index (χ0v) is 14.2. The zero-order chi connectivity index (χ0) is 17.2. The smallest absolute Gasteiger partial charge is 0.411 e. The Hall–Kier alpha value is -1.95. The standard InChI is InChI=1S/C16H22ClN3O3/c1-16(2,3)23-15(21)20(12-8-9-12)13(14(18)19-22)10-4-6-11(17)7-5-10/h4-7,12-13,22H,8-9H2,1-3H3,(H2,18,19)/t13-/m0/s1. The fraction of sp³-hybridized carbons (Fsp3) is 0.500. The third kappa shape index (κ3) is 4.51. The summed E-state index contributed by atoms with van der Waals surface area (Å²) in [6.45, 7) is 5.41. The van der Waals surface area contributed by atoms with Crippen LogP contribution in [0.5, 0.6) is 0 Å². The molecule has 2 rings (SSSR count). The molecule has 1 fully saturated rings. The second-order valence-electron chi connectivity index (χ2n) is 6.60. The maximum Gasteiger partial charge on any atom is 0.411 e. The second kappa shape index (κ2) is 6.66. The average Bonchev–Trinajstić information content (AvgIpc) is 3.27. The van der Waals surface area contributed by atoms with Gasteiger partial charge in [-0.2, -0.15) is 0 Å². The van der Waals surface area contributed by atoms with Crippen LogP contribution in [0.3, 0.4) is 0 Å². The molecule has 1 aromatic rings. The molecule has 0 saturated heterocycles.